The molecule has 0 saturated carbocycles. The molecule has 0 aliphatic carbocycles. The summed E-state index contributed by atoms with van der Waals surface area (Å²) in [6, 6.07) is 50.1. The van der Waals surface area contributed by atoms with Crippen molar-refractivity contribution < 1.29 is 0 Å². The van der Waals surface area contributed by atoms with E-state index >= 15 is 0 Å². The molecule has 0 amide bonds. The molecule has 1 atom stereocenters. The summed E-state index contributed by atoms with van der Waals surface area (Å²) in [5.41, 5.74) is 8.10. The molecule has 0 radical (unpaired) electrons. The minimum Gasteiger partial charge on any atom is -0.195 e. The molecule has 0 aromatic heterocycles. The molecular formula is C32H32BP. The van der Waals surface area contributed by atoms with Gasteiger partial charge in [0.1, 0.15) is 6.15 Å². The Bertz CT molecular complexity index is 1140. The predicted octanol–water partition coefficient (Wildman–Crippen LogP) is 4.60. The second-order valence-electron chi connectivity index (χ2n) is 8.94. The van der Waals surface area contributed by atoms with Crippen molar-refractivity contribution in [3.63, 3.8) is 0 Å². The zero-order valence-electron chi connectivity index (χ0n) is 20.1. The minimum atomic E-state index is -1.22. The molecule has 1 unspecified atom stereocenters. The quantitative estimate of drug-likeness (QED) is 0.273. The topological polar surface area (TPSA) is 0 Å². The number of hydrogen-bond donors (Lipinski definition) is 0. The molecule has 34 heavy (non-hydrogen) atoms. The van der Waals surface area contributed by atoms with Crippen molar-refractivity contribution in [2.24, 2.45) is 0 Å². The summed E-state index contributed by atoms with van der Waals surface area (Å²) >= 11 is 0. The van der Waals surface area contributed by atoms with E-state index in [9.17, 15) is 0 Å². The van der Waals surface area contributed by atoms with E-state index in [0.717, 1.165) is 0 Å². The molecule has 0 nitrogen and oxygen atoms in total. The van der Waals surface area contributed by atoms with Crippen LogP contribution in [-0.4, -0.2) is 6.15 Å². The standard InChI is InChI=1S/C24H20B.C8H11P/c1-5-13-21(14-6-1)25(22-15-7-2-8-16-22,23-17-9-3-10-18-23)24-19-11-4-12-20-24;1-6-3-4-8(9)7(2)5-6/h1-20H;3-5H,9H2,1-2H3/q-1;/p+1. The van der Waals surface area contributed by atoms with E-state index in [4.69, 9.17) is 0 Å². The van der Waals surface area contributed by atoms with E-state index in [0.29, 0.717) is 0 Å². The van der Waals surface area contributed by atoms with Crippen LogP contribution in [0.25, 0.3) is 0 Å². The van der Waals surface area contributed by atoms with Gasteiger partial charge in [-0.25, -0.2) is 0 Å². The summed E-state index contributed by atoms with van der Waals surface area (Å²) in [7, 11) is 1.94. The molecule has 0 saturated heterocycles. The van der Waals surface area contributed by atoms with Gasteiger partial charge in [-0.15, -0.1) is 0 Å². The number of benzene rings is 5. The predicted molar refractivity (Wildman–Crippen MR) is 157 cm³/mol. The smallest absolute Gasteiger partial charge is 0.108 e. The summed E-state index contributed by atoms with van der Waals surface area (Å²) in [5.74, 6) is 0. The maximum atomic E-state index is 2.26. The van der Waals surface area contributed by atoms with Crippen LogP contribution >= 0.6 is 9.24 Å². The highest BCUT2D eigenvalue weighted by Crippen LogP contribution is 2.09. The first-order chi connectivity index (χ1) is 16.6. The first-order valence-electron chi connectivity index (χ1n) is 11.9. The van der Waals surface area contributed by atoms with Crippen LogP contribution in [0.3, 0.4) is 0 Å². The number of rotatable bonds is 4. The lowest BCUT2D eigenvalue weighted by Crippen LogP contribution is -2.74. The van der Waals surface area contributed by atoms with Crippen LogP contribution in [-0.2, 0) is 0 Å². The van der Waals surface area contributed by atoms with E-state index in [1.54, 1.807) is 0 Å². The zero-order chi connectivity index (χ0) is 23.8. The van der Waals surface area contributed by atoms with Gasteiger partial charge in [0.05, 0.1) is 5.30 Å². The Balaban J connectivity index is 0.000000257. The average Bonchev–Trinajstić information content (AvgIpc) is 2.90. The molecule has 0 heterocycles. The van der Waals surface area contributed by atoms with E-state index in [1.807, 2.05) is 9.24 Å². The van der Waals surface area contributed by atoms with Gasteiger partial charge in [0, 0.05) is 9.24 Å². The number of aryl methyl sites for hydroxylation is 2. The highest BCUT2D eigenvalue weighted by Gasteiger charge is 2.30. The largest absolute Gasteiger partial charge is 0.195 e. The van der Waals surface area contributed by atoms with E-state index in [-0.39, 0.29) is 0 Å². The van der Waals surface area contributed by atoms with Crippen molar-refractivity contribution in [1.82, 2.24) is 0 Å². The second-order valence-corrected chi connectivity index (χ2v) is 9.70. The Kier molecular flexibility index (Phi) is 7.78. The highest BCUT2D eigenvalue weighted by atomic mass is 31.0. The molecule has 2 heteroatoms. The average molecular weight is 458 g/mol. The second kappa shape index (κ2) is 11.1. The van der Waals surface area contributed by atoms with Gasteiger partial charge < -0.3 is 0 Å². The molecule has 0 aliphatic heterocycles. The van der Waals surface area contributed by atoms with Crippen molar-refractivity contribution in [1.29, 1.82) is 0 Å². The van der Waals surface area contributed by atoms with Gasteiger partial charge in [0.15, 0.2) is 0 Å². The third kappa shape index (κ3) is 5.06. The van der Waals surface area contributed by atoms with Gasteiger partial charge in [-0.3, -0.25) is 0 Å². The van der Waals surface area contributed by atoms with Gasteiger partial charge >= 0.3 is 0 Å². The van der Waals surface area contributed by atoms with E-state index in [1.165, 1.54) is 38.3 Å². The van der Waals surface area contributed by atoms with Crippen LogP contribution in [0, 0.1) is 13.8 Å². The minimum absolute atomic E-state index is 1.22. The lowest BCUT2D eigenvalue weighted by atomic mass is 9.13. The first-order valence-corrected chi connectivity index (χ1v) is 12.6. The van der Waals surface area contributed by atoms with Crippen LogP contribution in [0.5, 0.6) is 0 Å². The Hall–Kier alpha value is -3.41. The summed E-state index contributed by atoms with van der Waals surface area (Å²) in [6.07, 6.45) is -1.22. The maximum absolute atomic E-state index is 2.26. The SMILES string of the molecule is Cc1ccc([PH3+])c(C)c1.c1ccc([B-](c2ccccc2)(c2ccccc2)c2ccccc2)cc1. The Morgan fingerprint density at radius 1 is 0.441 bits per heavy atom. The molecule has 5 aromatic rings. The third-order valence-electron chi connectivity index (χ3n) is 6.70. The molecule has 5 rings (SSSR count). The summed E-state index contributed by atoms with van der Waals surface area (Å²) in [4.78, 5) is 0. The Labute approximate surface area is 206 Å². The molecular weight excluding hydrogens is 426 g/mol. The van der Waals surface area contributed by atoms with Crippen LogP contribution < -0.4 is 27.2 Å². The summed E-state index contributed by atoms with van der Waals surface area (Å²) in [5, 5.41) is 1.40. The monoisotopic (exact) mass is 458 g/mol. The van der Waals surface area contributed by atoms with Crippen LogP contribution in [0.2, 0.25) is 0 Å². The van der Waals surface area contributed by atoms with Crippen molar-refractivity contribution in [3.8, 4) is 0 Å². The molecule has 168 valence electrons. The fraction of sp³-hybridized carbons (Fsp3) is 0.0625. The number of hydrogen-bond acceptors (Lipinski definition) is 0. The van der Waals surface area contributed by atoms with Gasteiger partial charge in [0.25, 0.3) is 0 Å². The molecule has 0 N–H and O–H groups in total. The molecule has 0 fully saturated rings. The van der Waals surface area contributed by atoms with Crippen LogP contribution in [0.15, 0.2) is 140 Å². The van der Waals surface area contributed by atoms with Gasteiger partial charge in [0.2, 0.25) is 0 Å². The summed E-state index contributed by atoms with van der Waals surface area (Å²) in [6.45, 7) is 4.27. The fourth-order valence-electron chi connectivity index (χ4n) is 4.97. The van der Waals surface area contributed by atoms with Crippen molar-refractivity contribution in [3.05, 3.63) is 151 Å². The normalized spacial score (nSPS) is 10.9. The third-order valence-corrected chi connectivity index (χ3v) is 7.49. The van der Waals surface area contributed by atoms with Gasteiger partial charge in [-0.05, 0) is 25.5 Å². The molecule has 0 bridgehead atoms. The van der Waals surface area contributed by atoms with E-state index in [2.05, 4.69) is 153 Å². The van der Waals surface area contributed by atoms with Crippen LogP contribution in [0.4, 0.5) is 0 Å². The van der Waals surface area contributed by atoms with E-state index < -0.39 is 6.15 Å². The zero-order valence-corrected chi connectivity index (χ0v) is 21.5. The van der Waals surface area contributed by atoms with Crippen LogP contribution in [0.1, 0.15) is 11.1 Å². The Morgan fingerprint density at radius 3 is 1.03 bits per heavy atom. The maximum Gasteiger partial charge on any atom is 0.108 e. The molecule has 5 aromatic carbocycles. The Morgan fingerprint density at radius 2 is 0.765 bits per heavy atom. The lowest BCUT2D eigenvalue weighted by molar-refractivity contribution is 1.41. The molecule has 0 aliphatic rings. The fourth-order valence-corrected chi connectivity index (χ4v) is 5.19. The van der Waals surface area contributed by atoms with Crippen molar-refractivity contribution in [2.75, 3.05) is 0 Å². The summed E-state index contributed by atoms with van der Waals surface area (Å²) < 4.78 is 0. The van der Waals surface area contributed by atoms with Crippen molar-refractivity contribution >= 4 is 42.5 Å². The van der Waals surface area contributed by atoms with Crippen molar-refractivity contribution in [2.45, 2.75) is 13.8 Å². The van der Waals surface area contributed by atoms with Gasteiger partial charge in [-0.1, -0.05) is 139 Å². The molecule has 0 spiro atoms. The van der Waals surface area contributed by atoms with Gasteiger partial charge in [-0.2, -0.15) is 21.9 Å². The lowest BCUT2D eigenvalue weighted by Gasteiger charge is -2.44. The first kappa shape index (κ1) is 23.7. The highest BCUT2D eigenvalue weighted by molar-refractivity contribution is 7.27.